The summed E-state index contributed by atoms with van der Waals surface area (Å²) < 4.78 is 10.7. The molecule has 27 heavy (non-hydrogen) atoms. The highest BCUT2D eigenvalue weighted by molar-refractivity contribution is 6.01. The number of unbranched alkanes of at least 4 members (excludes halogenated alkanes) is 1. The molecule has 0 amide bonds. The first-order valence-electron chi connectivity index (χ1n) is 10.8. The minimum Gasteiger partial charge on any atom is -0.465 e. The van der Waals surface area contributed by atoms with Crippen molar-refractivity contribution in [1.82, 2.24) is 0 Å². The zero-order valence-electron chi connectivity index (χ0n) is 17.8. The van der Waals surface area contributed by atoms with Gasteiger partial charge in [-0.05, 0) is 75.9 Å². The second kappa shape index (κ2) is 9.57. The molecule has 1 unspecified atom stereocenters. The highest BCUT2D eigenvalue weighted by atomic mass is 16.6. The van der Waals surface area contributed by atoms with Crippen LogP contribution in [0.5, 0.6) is 0 Å². The summed E-state index contributed by atoms with van der Waals surface area (Å²) in [5.41, 5.74) is 4.55. The number of hydrogen-bond acceptors (Lipinski definition) is 4. The number of carbonyl (C=O) groups excluding carboxylic acids is 2. The van der Waals surface area contributed by atoms with Crippen molar-refractivity contribution in [2.45, 2.75) is 86.0 Å². The Morgan fingerprint density at radius 3 is 2.07 bits per heavy atom. The molecule has 2 aliphatic carbocycles. The fourth-order valence-electron chi connectivity index (χ4n) is 4.88. The Morgan fingerprint density at radius 1 is 0.963 bits per heavy atom. The zero-order chi connectivity index (χ0) is 20.0. The van der Waals surface area contributed by atoms with E-state index in [0.29, 0.717) is 12.8 Å². The van der Waals surface area contributed by atoms with Crippen LogP contribution >= 0.6 is 0 Å². The van der Waals surface area contributed by atoms with Gasteiger partial charge in [0.25, 0.3) is 0 Å². The van der Waals surface area contributed by atoms with Crippen LogP contribution in [0.3, 0.4) is 0 Å². The third-order valence-corrected chi connectivity index (χ3v) is 6.14. The van der Waals surface area contributed by atoms with Crippen LogP contribution in [0.15, 0.2) is 22.3 Å². The first-order valence-corrected chi connectivity index (χ1v) is 10.8. The van der Waals surface area contributed by atoms with Gasteiger partial charge >= 0.3 is 11.9 Å². The van der Waals surface area contributed by atoms with Crippen molar-refractivity contribution in [3.8, 4) is 0 Å². The standard InChI is InChI=1S/C23H36O4/c1-6-11-12-19-18(8-3)16(7-2)13-17-14-23(15-20(17)19,21(24)26-9-4)22(25)27-10-5/h17H,6-15H2,1-5H3. The molecule has 0 aromatic rings. The van der Waals surface area contributed by atoms with Crippen LogP contribution < -0.4 is 0 Å². The smallest absolute Gasteiger partial charge is 0.323 e. The summed E-state index contributed by atoms with van der Waals surface area (Å²) in [6, 6.07) is 0. The molecule has 4 nitrogen and oxygen atoms in total. The van der Waals surface area contributed by atoms with Gasteiger partial charge in [-0.25, -0.2) is 0 Å². The topological polar surface area (TPSA) is 52.6 Å². The molecule has 1 fully saturated rings. The highest BCUT2D eigenvalue weighted by Gasteiger charge is 2.56. The van der Waals surface area contributed by atoms with Crippen LogP contribution in [0.4, 0.5) is 0 Å². The Balaban J connectivity index is 2.50. The lowest BCUT2D eigenvalue weighted by Crippen LogP contribution is -2.40. The maximum absolute atomic E-state index is 12.9. The quantitative estimate of drug-likeness (QED) is 0.393. The van der Waals surface area contributed by atoms with Crippen molar-refractivity contribution in [1.29, 1.82) is 0 Å². The highest BCUT2D eigenvalue weighted by Crippen LogP contribution is 2.55. The summed E-state index contributed by atoms with van der Waals surface area (Å²) in [6.45, 7) is 10.8. The molecule has 0 aromatic heterocycles. The van der Waals surface area contributed by atoms with Gasteiger partial charge in [-0.2, -0.15) is 0 Å². The van der Waals surface area contributed by atoms with Gasteiger partial charge in [-0.1, -0.05) is 38.3 Å². The number of ether oxygens (including phenoxy) is 2. The monoisotopic (exact) mass is 376 g/mol. The third kappa shape index (κ3) is 4.14. The Kier molecular flexibility index (Phi) is 7.69. The van der Waals surface area contributed by atoms with Crippen LogP contribution in [0, 0.1) is 11.3 Å². The fourth-order valence-corrected chi connectivity index (χ4v) is 4.88. The van der Waals surface area contributed by atoms with Crippen LogP contribution in [-0.2, 0) is 19.1 Å². The van der Waals surface area contributed by atoms with Gasteiger partial charge in [-0.15, -0.1) is 0 Å². The summed E-state index contributed by atoms with van der Waals surface area (Å²) in [4.78, 5) is 25.8. The molecule has 0 aliphatic heterocycles. The molecule has 2 aliphatic rings. The first-order chi connectivity index (χ1) is 13.0. The summed E-state index contributed by atoms with van der Waals surface area (Å²) >= 11 is 0. The van der Waals surface area contributed by atoms with E-state index < -0.39 is 17.4 Å². The number of rotatable bonds is 9. The van der Waals surface area contributed by atoms with Crippen molar-refractivity contribution in [2.24, 2.45) is 11.3 Å². The van der Waals surface area contributed by atoms with Gasteiger partial charge in [-0.3, -0.25) is 9.59 Å². The number of fused-ring (bicyclic) bond motifs is 1. The largest absolute Gasteiger partial charge is 0.465 e. The summed E-state index contributed by atoms with van der Waals surface area (Å²) in [7, 11) is 0. The second-order valence-corrected chi connectivity index (χ2v) is 7.70. The third-order valence-electron chi connectivity index (χ3n) is 6.14. The molecule has 0 aromatic carbocycles. The predicted octanol–water partition coefficient (Wildman–Crippen LogP) is 5.52. The molecule has 0 saturated heterocycles. The van der Waals surface area contributed by atoms with Crippen molar-refractivity contribution in [3.05, 3.63) is 22.3 Å². The van der Waals surface area contributed by atoms with Crippen molar-refractivity contribution in [3.63, 3.8) is 0 Å². The van der Waals surface area contributed by atoms with Crippen molar-refractivity contribution >= 4 is 11.9 Å². The van der Waals surface area contributed by atoms with Crippen LogP contribution in [-0.4, -0.2) is 25.2 Å². The van der Waals surface area contributed by atoms with Gasteiger partial charge < -0.3 is 9.47 Å². The Bertz CT molecular complexity index is 608. The Hall–Kier alpha value is -1.58. The normalized spacial score (nSPS) is 21.3. The molecule has 0 N–H and O–H groups in total. The Morgan fingerprint density at radius 2 is 1.59 bits per heavy atom. The molecule has 1 saturated carbocycles. The van der Waals surface area contributed by atoms with E-state index in [1.54, 1.807) is 13.8 Å². The summed E-state index contributed by atoms with van der Waals surface area (Å²) in [5, 5.41) is 0. The second-order valence-electron chi connectivity index (χ2n) is 7.70. The van der Waals surface area contributed by atoms with Gasteiger partial charge in [0.2, 0.25) is 0 Å². The molecular weight excluding hydrogens is 340 g/mol. The fraction of sp³-hybridized carbons (Fsp3) is 0.739. The van der Waals surface area contributed by atoms with E-state index in [-0.39, 0.29) is 19.1 Å². The van der Waals surface area contributed by atoms with E-state index in [9.17, 15) is 9.59 Å². The maximum atomic E-state index is 12.9. The SMILES string of the molecule is CCCCC1=C2CC(C(=O)OCC)(C(=O)OCC)CC2CC(CC)=C1CC. The van der Waals surface area contributed by atoms with E-state index in [0.717, 1.165) is 38.5 Å². The van der Waals surface area contributed by atoms with E-state index in [4.69, 9.17) is 9.47 Å². The molecule has 0 heterocycles. The molecule has 0 radical (unpaired) electrons. The van der Waals surface area contributed by atoms with Crippen molar-refractivity contribution in [2.75, 3.05) is 13.2 Å². The minimum absolute atomic E-state index is 0.260. The number of allylic oxidation sites excluding steroid dienone is 4. The van der Waals surface area contributed by atoms with Gasteiger partial charge in [0, 0.05) is 0 Å². The zero-order valence-corrected chi connectivity index (χ0v) is 17.8. The van der Waals surface area contributed by atoms with Crippen LogP contribution in [0.25, 0.3) is 0 Å². The molecule has 152 valence electrons. The predicted molar refractivity (Wildman–Crippen MR) is 107 cm³/mol. The lowest BCUT2D eigenvalue weighted by Gasteiger charge is -2.28. The van der Waals surface area contributed by atoms with Gasteiger partial charge in [0.05, 0.1) is 13.2 Å². The van der Waals surface area contributed by atoms with Gasteiger partial charge in [0.15, 0.2) is 5.41 Å². The summed E-state index contributed by atoms with van der Waals surface area (Å²) in [6.07, 6.45) is 7.32. The van der Waals surface area contributed by atoms with Crippen LogP contribution in [0.1, 0.15) is 86.0 Å². The van der Waals surface area contributed by atoms with Crippen molar-refractivity contribution < 1.29 is 19.1 Å². The molecular formula is C23H36O4. The number of esters is 2. The summed E-state index contributed by atoms with van der Waals surface area (Å²) in [5.74, 6) is -0.552. The molecule has 2 rings (SSSR count). The lowest BCUT2D eigenvalue weighted by molar-refractivity contribution is -0.171. The number of hydrogen-bond donors (Lipinski definition) is 0. The minimum atomic E-state index is -1.16. The van der Waals surface area contributed by atoms with E-state index in [2.05, 4.69) is 20.8 Å². The van der Waals surface area contributed by atoms with E-state index >= 15 is 0 Å². The molecule has 1 atom stereocenters. The number of carbonyl (C=O) groups is 2. The molecule has 0 bridgehead atoms. The van der Waals surface area contributed by atoms with E-state index in [1.165, 1.54) is 22.3 Å². The lowest BCUT2D eigenvalue weighted by atomic mass is 9.77. The maximum Gasteiger partial charge on any atom is 0.323 e. The molecule has 4 heteroatoms. The first kappa shape index (κ1) is 21.7. The Labute approximate surface area is 164 Å². The average Bonchev–Trinajstić information content (AvgIpc) is 3.06. The molecule has 0 spiro atoms. The van der Waals surface area contributed by atoms with Crippen LogP contribution in [0.2, 0.25) is 0 Å². The van der Waals surface area contributed by atoms with E-state index in [1.807, 2.05) is 0 Å². The average molecular weight is 377 g/mol. The van der Waals surface area contributed by atoms with Gasteiger partial charge in [0.1, 0.15) is 0 Å².